The number of sulfonamides is 1. The first kappa shape index (κ1) is 16.8. The van der Waals surface area contributed by atoms with Crippen molar-refractivity contribution in [3.63, 3.8) is 0 Å². The Hall–Kier alpha value is -1.56. The molecule has 10 heteroatoms. The minimum absolute atomic E-state index is 0.116. The van der Waals surface area contributed by atoms with Gasteiger partial charge in [0.2, 0.25) is 10.0 Å². The van der Waals surface area contributed by atoms with Crippen LogP contribution in [0.2, 0.25) is 0 Å². The molecule has 1 aliphatic heterocycles. The maximum absolute atomic E-state index is 12.0. The van der Waals surface area contributed by atoms with E-state index >= 15 is 0 Å². The topological polar surface area (TPSA) is 159 Å². The van der Waals surface area contributed by atoms with Gasteiger partial charge in [0.1, 0.15) is 18.3 Å². The van der Waals surface area contributed by atoms with Crippen LogP contribution >= 0.6 is 0 Å². The van der Waals surface area contributed by atoms with E-state index in [0.29, 0.717) is 0 Å². The number of hydrogen-bond donors (Lipinski definition) is 5. The summed E-state index contributed by atoms with van der Waals surface area (Å²) in [6.45, 7) is -0.506. The van der Waals surface area contributed by atoms with Crippen LogP contribution in [-0.4, -0.2) is 60.8 Å². The molecule has 0 spiro atoms. The van der Waals surface area contributed by atoms with Gasteiger partial charge in [-0.1, -0.05) is 0 Å². The van der Waals surface area contributed by atoms with Crippen LogP contribution in [0.3, 0.4) is 0 Å². The molecule has 122 valence electrons. The Labute approximate surface area is 126 Å². The second-order valence-corrected chi connectivity index (χ2v) is 6.36. The molecule has 22 heavy (non-hydrogen) atoms. The summed E-state index contributed by atoms with van der Waals surface area (Å²) in [5.74, 6) is -0.643. The van der Waals surface area contributed by atoms with Gasteiger partial charge in [-0.25, -0.2) is 13.6 Å². The molecule has 9 nitrogen and oxygen atoms in total. The molecule has 0 unspecified atom stereocenters. The third-order valence-corrected chi connectivity index (χ3v) is 4.19. The zero-order chi connectivity index (χ0) is 16.5. The molecule has 1 aromatic rings. The normalized spacial score (nSPS) is 28.5. The second kappa shape index (κ2) is 6.28. The lowest BCUT2D eigenvalue weighted by Gasteiger charge is -2.16. The fourth-order valence-electron chi connectivity index (χ4n) is 2.03. The van der Waals surface area contributed by atoms with Gasteiger partial charge < -0.3 is 25.4 Å². The van der Waals surface area contributed by atoms with Crippen LogP contribution in [0.25, 0.3) is 0 Å². The highest BCUT2D eigenvalue weighted by Crippen LogP contribution is 2.19. The molecule has 0 bridgehead atoms. The lowest BCUT2D eigenvalue weighted by Crippen LogP contribution is -2.43. The highest BCUT2D eigenvalue weighted by atomic mass is 32.2. The van der Waals surface area contributed by atoms with Crippen molar-refractivity contribution in [3.8, 4) is 0 Å². The van der Waals surface area contributed by atoms with E-state index in [1.54, 1.807) is 0 Å². The number of nitrogens with two attached hydrogens (primary N) is 1. The van der Waals surface area contributed by atoms with Gasteiger partial charge in [0.05, 0.1) is 11.5 Å². The second-order valence-electron chi connectivity index (χ2n) is 4.80. The van der Waals surface area contributed by atoms with Gasteiger partial charge in [-0.2, -0.15) is 0 Å². The first-order valence-corrected chi connectivity index (χ1v) is 7.85. The number of carbonyl (C=O) groups excluding carboxylic acids is 1. The van der Waals surface area contributed by atoms with Crippen molar-refractivity contribution >= 4 is 15.9 Å². The maximum atomic E-state index is 12.0. The first-order valence-electron chi connectivity index (χ1n) is 6.30. The fraction of sp³-hybridized carbons (Fsp3) is 0.417. The van der Waals surface area contributed by atoms with E-state index in [9.17, 15) is 23.4 Å². The van der Waals surface area contributed by atoms with Crippen LogP contribution in [0.5, 0.6) is 0 Å². The third kappa shape index (κ3) is 3.43. The van der Waals surface area contributed by atoms with Crippen molar-refractivity contribution in [3.05, 3.63) is 29.8 Å². The molecule has 6 N–H and O–H groups in total. The van der Waals surface area contributed by atoms with E-state index in [1.165, 1.54) is 24.3 Å². The molecular weight excluding hydrogens is 316 g/mol. The molecular formula is C12H16N2O7S. The van der Waals surface area contributed by atoms with E-state index in [1.807, 2.05) is 0 Å². The SMILES string of the molecule is NS(=O)(=O)c1ccc(C(=O)N[C@@H]2O[C@H](CO)[C@@H](O)[C@H]2O)cc1. The molecule has 0 aliphatic carbocycles. The monoisotopic (exact) mass is 332 g/mol. The van der Waals surface area contributed by atoms with Crippen molar-refractivity contribution < 1.29 is 33.3 Å². The molecule has 0 aromatic heterocycles. The number of rotatable bonds is 4. The summed E-state index contributed by atoms with van der Waals surface area (Å²) in [5.41, 5.74) is 0.116. The molecule has 1 amide bonds. The Balaban J connectivity index is 2.07. The number of hydrogen-bond acceptors (Lipinski definition) is 7. The summed E-state index contributed by atoms with van der Waals surface area (Å²) in [6, 6.07) is 4.83. The number of carbonyl (C=O) groups is 1. The van der Waals surface area contributed by atoms with E-state index in [-0.39, 0.29) is 10.5 Å². The summed E-state index contributed by atoms with van der Waals surface area (Å²) >= 11 is 0. The standard InChI is InChI=1S/C12H16N2O7S/c13-22(19,20)7-3-1-6(2-4-7)11(18)14-12-10(17)9(16)8(5-15)21-12/h1-4,8-10,12,15-17H,5H2,(H,14,18)(H2,13,19,20)/t8-,9-,10-,12-/m1/s1. The number of aliphatic hydroxyl groups is 3. The predicted molar refractivity (Wildman–Crippen MR) is 73.0 cm³/mol. The van der Waals surface area contributed by atoms with Crippen molar-refractivity contribution in [1.29, 1.82) is 0 Å². The molecule has 1 saturated heterocycles. The van der Waals surface area contributed by atoms with E-state index < -0.39 is 47.1 Å². The Morgan fingerprint density at radius 2 is 1.82 bits per heavy atom. The molecule has 1 fully saturated rings. The Morgan fingerprint density at radius 1 is 1.23 bits per heavy atom. The van der Waals surface area contributed by atoms with Gasteiger partial charge in [0.15, 0.2) is 6.23 Å². The molecule has 0 radical (unpaired) electrons. The number of amides is 1. The van der Waals surface area contributed by atoms with Crippen molar-refractivity contribution in [2.45, 2.75) is 29.4 Å². The number of nitrogens with one attached hydrogen (secondary N) is 1. The van der Waals surface area contributed by atoms with E-state index in [4.69, 9.17) is 15.0 Å². The van der Waals surface area contributed by atoms with Gasteiger partial charge in [-0.05, 0) is 24.3 Å². The van der Waals surface area contributed by atoms with Crippen molar-refractivity contribution in [2.24, 2.45) is 5.14 Å². The molecule has 4 atom stereocenters. The summed E-state index contributed by atoms with van der Waals surface area (Å²) < 4.78 is 27.3. The number of ether oxygens (including phenoxy) is 1. The highest BCUT2D eigenvalue weighted by molar-refractivity contribution is 7.89. The molecule has 2 rings (SSSR count). The molecule has 1 aromatic carbocycles. The van der Waals surface area contributed by atoms with Gasteiger partial charge in [0.25, 0.3) is 5.91 Å². The van der Waals surface area contributed by atoms with Gasteiger partial charge in [-0.15, -0.1) is 0 Å². The average molecular weight is 332 g/mol. The minimum Gasteiger partial charge on any atom is -0.394 e. The van der Waals surface area contributed by atoms with Crippen LogP contribution in [0.4, 0.5) is 0 Å². The third-order valence-electron chi connectivity index (χ3n) is 3.26. The average Bonchev–Trinajstić information content (AvgIpc) is 2.74. The largest absolute Gasteiger partial charge is 0.394 e. The Kier molecular flexibility index (Phi) is 4.80. The maximum Gasteiger partial charge on any atom is 0.253 e. The van der Waals surface area contributed by atoms with Crippen LogP contribution < -0.4 is 10.5 Å². The molecule has 1 heterocycles. The lowest BCUT2D eigenvalue weighted by atomic mass is 10.1. The minimum atomic E-state index is -3.85. The van der Waals surface area contributed by atoms with Gasteiger partial charge >= 0.3 is 0 Å². The van der Waals surface area contributed by atoms with E-state index in [2.05, 4.69) is 5.32 Å². The predicted octanol–water partition coefficient (Wildman–Crippen LogP) is -2.50. The smallest absolute Gasteiger partial charge is 0.253 e. The zero-order valence-corrected chi connectivity index (χ0v) is 12.1. The van der Waals surface area contributed by atoms with Crippen molar-refractivity contribution in [1.82, 2.24) is 5.32 Å². The number of benzene rings is 1. The van der Waals surface area contributed by atoms with E-state index in [0.717, 1.165) is 0 Å². The number of primary sulfonamides is 1. The summed E-state index contributed by atoms with van der Waals surface area (Å²) in [6.07, 6.45) is -4.88. The quantitative estimate of drug-likeness (QED) is 0.407. The van der Waals surface area contributed by atoms with Crippen LogP contribution in [-0.2, 0) is 14.8 Å². The molecule has 0 saturated carbocycles. The first-order chi connectivity index (χ1) is 10.2. The Bertz CT molecular complexity index is 646. The lowest BCUT2D eigenvalue weighted by molar-refractivity contribution is -0.0304. The van der Waals surface area contributed by atoms with Crippen LogP contribution in [0.1, 0.15) is 10.4 Å². The highest BCUT2D eigenvalue weighted by Gasteiger charge is 2.43. The molecule has 1 aliphatic rings. The van der Waals surface area contributed by atoms with Gasteiger partial charge in [0, 0.05) is 5.56 Å². The van der Waals surface area contributed by atoms with Crippen LogP contribution in [0.15, 0.2) is 29.2 Å². The Morgan fingerprint density at radius 3 is 2.27 bits per heavy atom. The fourth-order valence-corrected chi connectivity index (χ4v) is 2.54. The van der Waals surface area contributed by atoms with Gasteiger partial charge in [-0.3, -0.25) is 4.79 Å². The van der Waals surface area contributed by atoms with Crippen LogP contribution in [0, 0.1) is 0 Å². The summed E-state index contributed by atoms with van der Waals surface area (Å²) in [5, 5.41) is 35.5. The zero-order valence-electron chi connectivity index (χ0n) is 11.3. The summed E-state index contributed by atoms with van der Waals surface area (Å²) in [7, 11) is -3.85. The number of aliphatic hydroxyl groups excluding tert-OH is 3. The summed E-state index contributed by atoms with van der Waals surface area (Å²) in [4.78, 5) is 11.8. The van der Waals surface area contributed by atoms with Crippen molar-refractivity contribution in [2.75, 3.05) is 6.61 Å².